The van der Waals surface area contributed by atoms with Gasteiger partial charge in [0.15, 0.2) is 0 Å². The summed E-state index contributed by atoms with van der Waals surface area (Å²) in [4.78, 5) is 2.34. The Morgan fingerprint density at radius 1 is 1.64 bits per heavy atom. The average molecular weight is 211 g/mol. The molecule has 1 saturated heterocycles. The van der Waals surface area contributed by atoms with Crippen LogP contribution in [0, 0.1) is 5.92 Å². The summed E-state index contributed by atoms with van der Waals surface area (Å²) in [5.74, 6) is 0.466. The van der Waals surface area contributed by atoms with Gasteiger partial charge >= 0.3 is 0 Å². The van der Waals surface area contributed by atoms with Gasteiger partial charge in [-0.1, -0.05) is 6.92 Å². The Kier molecular flexibility index (Phi) is 3.21. The molecule has 0 saturated carbocycles. The van der Waals surface area contributed by atoms with E-state index in [0.717, 1.165) is 26.1 Å². The Morgan fingerprint density at radius 3 is 3.14 bits per heavy atom. The zero-order chi connectivity index (χ0) is 9.97. The summed E-state index contributed by atoms with van der Waals surface area (Å²) >= 11 is 1.74. The number of piperidine rings is 1. The minimum Gasteiger partial charge on any atom is -0.392 e. The van der Waals surface area contributed by atoms with E-state index >= 15 is 0 Å². The van der Waals surface area contributed by atoms with Gasteiger partial charge in [-0.25, -0.2) is 0 Å². The van der Waals surface area contributed by atoms with E-state index in [2.05, 4.69) is 28.7 Å². The molecular formula is C11H17NOS. The Labute approximate surface area is 89.2 Å². The summed E-state index contributed by atoms with van der Waals surface area (Å²) in [6, 6.07) is 2.16. The number of aliphatic hydroxyl groups is 1. The van der Waals surface area contributed by atoms with Gasteiger partial charge in [-0.15, -0.1) is 0 Å². The minimum absolute atomic E-state index is 0.137. The van der Waals surface area contributed by atoms with Gasteiger partial charge in [-0.3, -0.25) is 4.90 Å². The fourth-order valence-corrected chi connectivity index (χ4v) is 2.56. The van der Waals surface area contributed by atoms with Crippen LogP contribution in [0.3, 0.4) is 0 Å². The zero-order valence-electron chi connectivity index (χ0n) is 8.52. The predicted molar refractivity (Wildman–Crippen MR) is 59.4 cm³/mol. The first-order valence-corrected chi connectivity index (χ1v) is 6.11. The molecule has 1 N–H and O–H groups in total. The molecule has 1 aliphatic heterocycles. The third-order valence-corrected chi connectivity index (χ3v) is 3.72. The Bertz CT molecular complexity index is 273. The van der Waals surface area contributed by atoms with Crippen LogP contribution in [0.5, 0.6) is 0 Å². The van der Waals surface area contributed by atoms with E-state index in [0.29, 0.717) is 5.92 Å². The largest absolute Gasteiger partial charge is 0.392 e. The van der Waals surface area contributed by atoms with Crippen molar-refractivity contribution in [2.45, 2.75) is 26.0 Å². The second kappa shape index (κ2) is 4.43. The summed E-state index contributed by atoms with van der Waals surface area (Å²) in [7, 11) is 0. The molecule has 0 amide bonds. The Balaban J connectivity index is 1.88. The SMILES string of the molecule is CC1CCN(Cc2ccsc2)CC1O. The Morgan fingerprint density at radius 2 is 2.50 bits per heavy atom. The number of hydrogen-bond acceptors (Lipinski definition) is 3. The minimum atomic E-state index is -0.137. The highest BCUT2D eigenvalue weighted by Gasteiger charge is 2.23. The van der Waals surface area contributed by atoms with Crippen LogP contribution < -0.4 is 0 Å². The first-order valence-electron chi connectivity index (χ1n) is 5.17. The van der Waals surface area contributed by atoms with Gasteiger partial charge in [0, 0.05) is 13.1 Å². The van der Waals surface area contributed by atoms with Gasteiger partial charge < -0.3 is 5.11 Å². The van der Waals surface area contributed by atoms with Crippen molar-refractivity contribution >= 4 is 11.3 Å². The van der Waals surface area contributed by atoms with Crippen LogP contribution in [-0.2, 0) is 6.54 Å². The number of β-amino-alcohol motifs (C(OH)–C–C–N with tert-alkyl or cyclic N) is 1. The molecule has 0 aliphatic carbocycles. The monoisotopic (exact) mass is 211 g/mol. The number of hydrogen-bond donors (Lipinski definition) is 1. The molecule has 78 valence electrons. The Hall–Kier alpha value is -0.380. The summed E-state index contributed by atoms with van der Waals surface area (Å²) < 4.78 is 0. The zero-order valence-corrected chi connectivity index (χ0v) is 9.33. The molecule has 0 radical (unpaired) electrons. The molecule has 0 spiro atoms. The first-order chi connectivity index (χ1) is 6.75. The van der Waals surface area contributed by atoms with Crippen molar-refractivity contribution in [1.82, 2.24) is 4.90 Å². The standard InChI is InChI=1S/C11H17NOS/c1-9-2-4-12(7-11(9)13)6-10-3-5-14-8-10/h3,5,8-9,11,13H,2,4,6-7H2,1H3. The molecular weight excluding hydrogens is 194 g/mol. The molecule has 14 heavy (non-hydrogen) atoms. The summed E-state index contributed by atoms with van der Waals surface area (Å²) in [6.07, 6.45) is 0.980. The van der Waals surface area contributed by atoms with E-state index in [1.165, 1.54) is 5.56 Å². The molecule has 1 fully saturated rings. The van der Waals surface area contributed by atoms with E-state index in [1.54, 1.807) is 11.3 Å². The van der Waals surface area contributed by atoms with E-state index in [1.807, 2.05) is 0 Å². The highest BCUT2D eigenvalue weighted by Crippen LogP contribution is 2.19. The van der Waals surface area contributed by atoms with Gasteiger partial charge in [0.25, 0.3) is 0 Å². The van der Waals surface area contributed by atoms with Crippen LogP contribution >= 0.6 is 11.3 Å². The molecule has 2 heterocycles. The molecule has 0 bridgehead atoms. The van der Waals surface area contributed by atoms with Gasteiger partial charge in [0.2, 0.25) is 0 Å². The first kappa shape index (κ1) is 10.1. The van der Waals surface area contributed by atoms with Crippen LogP contribution in [-0.4, -0.2) is 29.2 Å². The van der Waals surface area contributed by atoms with Gasteiger partial charge in [-0.05, 0) is 41.3 Å². The van der Waals surface area contributed by atoms with Gasteiger partial charge in [-0.2, -0.15) is 11.3 Å². The number of thiophene rings is 1. The fraction of sp³-hybridized carbons (Fsp3) is 0.636. The van der Waals surface area contributed by atoms with E-state index in [9.17, 15) is 5.11 Å². The molecule has 1 aromatic heterocycles. The topological polar surface area (TPSA) is 23.5 Å². The molecule has 2 atom stereocenters. The van der Waals surface area contributed by atoms with Gasteiger partial charge in [0.05, 0.1) is 6.10 Å². The number of rotatable bonds is 2. The molecule has 1 aromatic rings. The lowest BCUT2D eigenvalue weighted by molar-refractivity contribution is 0.0260. The highest BCUT2D eigenvalue weighted by molar-refractivity contribution is 7.07. The van der Waals surface area contributed by atoms with Crippen LogP contribution in [0.25, 0.3) is 0 Å². The lowest BCUT2D eigenvalue weighted by Crippen LogP contribution is -2.42. The summed E-state index contributed by atoms with van der Waals surface area (Å²) in [5.41, 5.74) is 1.37. The number of likely N-dealkylation sites (tertiary alicyclic amines) is 1. The van der Waals surface area contributed by atoms with Crippen molar-refractivity contribution in [3.05, 3.63) is 22.4 Å². The second-order valence-corrected chi connectivity index (χ2v) is 4.98. The average Bonchev–Trinajstić information content (AvgIpc) is 2.64. The maximum absolute atomic E-state index is 9.74. The molecule has 2 rings (SSSR count). The predicted octanol–water partition coefficient (Wildman–Crippen LogP) is 1.95. The number of nitrogens with zero attached hydrogens (tertiary/aromatic N) is 1. The summed E-state index contributed by atoms with van der Waals surface area (Å²) in [5, 5.41) is 14.0. The molecule has 0 aromatic carbocycles. The fourth-order valence-electron chi connectivity index (χ4n) is 1.90. The second-order valence-electron chi connectivity index (χ2n) is 4.20. The van der Waals surface area contributed by atoms with E-state index < -0.39 is 0 Å². The third-order valence-electron chi connectivity index (χ3n) is 2.99. The van der Waals surface area contributed by atoms with E-state index in [4.69, 9.17) is 0 Å². The maximum atomic E-state index is 9.74. The molecule has 2 nitrogen and oxygen atoms in total. The molecule has 1 aliphatic rings. The molecule has 3 heteroatoms. The summed E-state index contributed by atoms with van der Waals surface area (Å²) in [6.45, 7) is 5.07. The van der Waals surface area contributed by atoms with Crippen LogP contribution in [0.4, 0.5) is 0 Å². The quantitative estimate of drug-likeness (QED) is 0.808. The van der Waals surface area contributed by atoms with Crippen LogP contribution in [0.1, 0.15) is 18.9 Å². The van der Waals surface area contributed by atoms with Crippen molar-refractivity contribution in [3.63, 3.8) is 0 Å². The van der Waals surface area contributed by atoms with Crippen molar-refractivity contribution < 1.29 is 5.11 Å². The normalized spacial score (nSPS) is 29.3. The van der Waals surface area contributed by atoms with Crippen molar-refractivity contribution in [2.24, 2.45) is 5.92 Å². The van der Waals surface area contributed by atoms with Gasteiger partial charge in [0.1, 0.15) is 0 Å². The highest BCUT2D eigenvalue weighted by atomic mass is 32.1. The maximum Gasteiger partial charge on any atom is 0.0693 e. The van der Waals surface area contributed by atoms with Crippen molar-refractivity contribution in [3.8, 4) is 0 Å². The van der Waals surface area contributed by atoms with Crippen molar-refractivity contribution in [2.75, 3.05) is 13.1 Å². The van der Waals surface area contributed by atoms with Crippen molar-refractivity contribution in [1.29, 1.82) is 0 Å². The van der Waals surface area contributed by atoms with Crippen LogP contribution in [0.2, 0.25) is 0 Å². The third kappa shape index (κ3) is 2.35. The molecule has 2 unspecified atom stereocenters. The number of aliphatic hydroxyl groups excluding tert-OH is 1. The van der Waals surface area contributed by atoms with E-state index in [-0.39, 0.29) is 6.10 Å². The smallest absolute Gasteiger partial charge is 0.0693 e. The lowest BCUT2D eigenvalue weighted by atomic mass is 9.96. The lowest BCUT2D eigenvalue weighted by Gasteiger charge is -2.34. The van der Waals surface area contributed by atoms with Crippen LogP contribution in [0.15, 0.2) is 16.8 Å².